The standard InChI is InChI=1S/C20H38O/c1-7-14(2)8-10-16-15(3)9-11-17-19(4,5)13-12-18(21)20(16,17)6/h14-18,21H,7-13H2,1-6H3/t14-,15+,16+,17+,18-,20-/m1/s1. The maximum atomic E-state index is 10.9. The van der Waals surface area contributed by atoms with Crippen LogP contribution in [0.1, 0.15) is 86.5 Å². The van der Waals surface area contributed by atoms with E-state index in [1.54, 1.807) is 0 Å². The Morgan fingerprint density at radius 1 is 1.14 bits per heavy atom. The molecule has 0 aromatic carbocycles. The van der Waals surface area contributed by atoms with Gasteiger partial charge in [-0.25, -0.2) is 0 Å². The Kier molecular flexibility index (Phi) is 5.13. The number of hydrogen-bond donors (Lipinski definition) is 1. The van der Waals surface area contributed by atoms with Gasteiger partial charge in [0, 0.05) is 0 Å². The van der Waals surface area contributed by atoms with E-state index in [9.17, 15) is 5.11 Å². The minimum atomic E-state index is -0.0831. The molecule has 21 heavy (non-hydrogen) atoms. The molecule has 0 unspecified atom stereocenters. The largest absolute Gasteiger partial charge is 0.393 e. The van der Waals surface area contributed by atoms with E-state index in [4.69, 9.17) is 0 Å². The molecule has 1 heteroatoms. The third-order valence-corrected chi connectivity index (χ3v) is 7.54. The molecule has 0 aromatic rings. The van der Waals surface area contributed by atoms with Crippen molar-refractivity contribution in [1.29, 1.82) is 0 Å². The van der Waals surface area contributed by atoms with Gasteiger partial charge in [0.2, 0.25) is 0 Å². The highest BCUT2D eigenvalue weighted by atomic mass is 16.3. The molecule has 0 aromatic heterocycles. The Balaban J connectivity index is 2.24. The molecule has 2 aliphatic rings. The minimum absolute atomic E-state index is 0.0831. The number of aliphatic hydroxyl groups is 1. The molecule has 2 rings (SSSR count). The van der Waals surface area contributed by atoms with Gasteiger partial charge in [-0.3, -0.25) is 0 Å². The molecule has 0 amide bonds. The van der Waals surface area contributed by atoms with Crippen molar-refractivity contribution in [3.05, 3.63) is 0 Å². The van der Waals surface area contributed by atoms with Gasteiger partial charge in [-0.1, -0.05) is 60.8 Å². The van der Waals surface area contributed by atoms with Crippen molar-refractivity contribution in [2.45, 2.75) is 92.6 Å². The normalized spacial score (nSPS) is 44.1. The van der Waals surface area contributed by atoms with E-state index in [0.29, 0.717) is 17.3 Å². The highest BCUT2D eigenvalue weighted by Gasteiger charge is 2.57. The van der Waals surface area contributed by atoms with Crippen LogP contribution in [0.5, 0.6) is 0 Å². The number of aliphatic hydroxyl groups excluding tert-OH is 1. The predicted octanol–water partition coefficient (Wildman–Crippen LogP) is 5.66. The quantitative estimate of drug-likeness (QED) is 0.709. The summed E-state index contributed by atoms with van der Waals surface area (Å²) in [5, 5.41) is 10.9. The molecule has 124 valence electrons. The van der Waals surface area contributed by atoms with E-state index in [1.807, 2.05) is 0 Å². The SMILES string of the molecule is CC[C@@H](C)CC[C@H]1[C@@H](C)CC[C@H]2C(C)(C)CC[C@@H](O)[C@]12C. The lowest BCUT2D eigenvalue weighted by molar-refractivity contribution is -0.167. The third-order valence-electron chi connectivity index (χ3n) is 7.54. The number of rotatable bonds is 4. The molecule has 0 spiro atoms. The van der Waals surface area contributed by atoms with Crippen LogP contribution in [0.3, 0.4) is 0 Å². The lowest BCUT2D eigenvalue weighted by Gasteiger charge is -2.61. The second kappa shape index (κ2) is 6.22. The minimum Gasteiger partial charge on any atom is -0.393 e. The summed E-state index contributed by atoms with van der Waals surface area (Å²) in [5.41, 5.74) is 0.551. The van der Waals surface area contributed by atoms with Gasteiger partial charge < -0.3 is 5.11 Å². The molecule has 0 radical (unpaired) electrons. The smallest absolute Gasteiger partial charge is 0.0599 e. The van der Waals surface area contributed by atoms with Crippen molar-refractivity contribution in [2.75, 3.05) is 0 Å². The summed E-state index contributed by atoms with van der Waals surface area (Å²) in [5.74, 6) is 3.01. The molecule has 0 heterocycles. The Labute approximate surface area is 132 Å². The fraction of sp³-hybridized carbons (Fsp3) is 1.00. The van der Waals surface area contributed by atoms with Gasteiger partial charge in [0.05, 0.1) is 6.10 Å². The van der Waals surface area contributed by atoms with E-state index in [1.165, 1.54) is 38.5 Å². The second-order valence-electron chi connectivity index (χ2n) is 9.21. The second-order valence-corrected chi connectivity index (χ2v) is 9.21. The molecule has 6 atom stereocenters. The van der Waals surface area contributed by atoms with E-state index in [-0.39, 0.29) is 11.5 Å². The summed E-state index contributed by atoms with van der Waals surface area (Å²) in [6.07, 6.45) is 8.74. The van der Waals surface area contributed by atoms with Crippen LogP contribution in [-0.4, -0.2) is 11.2 Å². The highest BCUT2D eigenvalue weighted by Crippen LogP contribution is 2.62. The van der Waals surface area contributed by atoms with Crippen molar-refractivity contribution >= 4 is 0 Å². The molecular weight excluding hydrogens is 256 g/mol. The zero-order chi connectivity index (χ0) is 15.8. The Morgan fingerprint density at radius 3 is 2.43 bits per heavy atom. The van der Waals surface area contributed by atoms with Crippen LogP contribution in [0.15, 0.2) is 0 Å². The van der Waals surface area contributed by atoms with Gasteiger partial charge in [-0.2, -0.15) is 0 Å². The Morgan fingerprint density at radius 2 is 1.81 bits per heavy atom. The molecule has 1 N–H and O–H groups in total. The number of hydrogen-bond acceptors (Lipinski definition) is 1. The zero-order valence-corrected chi connectivity index (χ0v) is 15.3. The van der Waals surface area contributed by atoms with Crippen molar-refractivity contribution in [3.8, 4) is 0 Å². The molecule has 2 aliphatic carbocycles. The lowest BCUT2D eigenvalue weighted by atomic mass is 9.45. The maximum absolute atomic E-state index is 10.9. The van der Waals surface area contributed by atoms with Gasteiger partial charge in [0.1, 0.15) is 0 Å². The van der Waals surface area contributed by atoms with Crippen LogP contribution in [0, 0.1) is 34.5 Å². The molecule has 0 bridgehead atoms. The van der Waals surface area contributed by atoms with Crippen LogP contribution in [-0.2, 0) is 0 Å². The van der Waals surface area contributed by atoms with Gasteiger partial charge in [-0.05, 0) is 60.2 Å². The number of fused-ring (bicyclic) bond motifs is 1. The van der Waals surface area contributed by atoms with Crippen LogP contribution in [0.2, 0.25) is 0 Å². The summed E-state index contributed by atoms with van der Waals surface area (Å²) in [4.78, 5) is 0. The van der Waals surface area contributed by atoms with Crippen molar-refractivity contribution in [2.24, 2.45) is 34.5 Å². The molecular formula is C20H38O. The third kappa shape index (κ3) is 3.05. The first kappa shape index (κ1) is 17.3. The topological polar surface area (TPSA) is 20.2 Å². The Bertz CT molecular complexity index is 348. The van der Waals surface area contributed by atoms with Crippen LogP contribution in [0.25, 0.3) is 0 Å². The molecule has 2 fully saturated rings. The van der Waals surface area contributed by atoms with Gasteiger partial charge in [0.15, 0.2) is 0 Å². The molecule has 0 saturated heterocycles. The molecule has 1 nitrogen and oxygen atoms in total. The summed E-state index contributed by atoms with van der Waals surface area (Å²) in [7, 11) is 0. The molecule has 2 saturated carbocycles. The fourth-order valence-corrected chi connectivity index (χ4v) is 5.78. The van der Waals surface area contributed by atoms with Crippen molar-refractivity contribution in [1.82, 2.24) is 0 Å². The van der Waals surface area contributed by atoms with E-state index in [0.717, 1.165) is 18.3 Å². The van der Waals surface area contributed by atoms with Gasteiger partial charge >= 0.3 is 0 Å². The summed E-state index contributed by atoms with van der Waals surface area (Å²) >= 11 is 0. The van der Waals surface area contributed by atoms with Crippen LogP contribution >= 0.6 is 0 Å². The Hall–Kier alpha value is -0.0400. The lowest BCUT2D eigenvalue weighted by Crippen LogP contribution is -2.57. The summed E-state index contributed by atoms with van der Waals surface area (Å²) in [6.45, 7) is 14.5. The van der Waals surface area contributed by atoms with Crippen LogP contribution < -0.4 is 0 Å². The van der Waals surface area contributed by atoms with Gasteiger partial charge in [0.25, 0.3) is 0 Å². The summed E-state index contributed by atoms with van der Waals surface area (Å²) in [6, 6.07) is 0. The van der Waals surface area contributed by atoms with E-state index >= 15 is 0 Å². The maximum Gasteiger partial charge on any atom is 0.0599 e. The first-order valence-corrected chi connectivity index (χ1v) is 9.41. The monoisotopic (exact) mass is 294 g/mol. The van der Waals surface area contributed by atoms with E-state index in [2.05, 4.69) is 41.5 Å². The first-order chi connectivity index (χ1) is 9.73. The average Bonchev–Trinajstić information content (AvgIpc) is 2.42. The van der Waals surface area contributed by atoms with Gasteiger partial charge in [-0.15, -0.1) is 0 Å². The fourth-order valence-electron chi connectivity index (χ4n) is 5.78. The van der Waals surface area contributed by atoms with Crippen molar-refractivity contribution in [3.63, 3.8) is 0 Å². The summed E-state index contributed by atoms with van der Waals surface area (Å²) < 4.78 is 0. The molecule has 0 aliphatic heterocycles. The zero-order valence-electron chi connectivity index (χ0n) is 15.3. The first-order valence-electron chi connectivity index (χ1n) is 9.41. The van der Waals surface area contributed by atoms with Crippen LogP contribution in [0.4, 0.5) is 0 Å². The highest BCUT2D eigenvalue weighted by molar-refractivity contribution is 5.06. The van der Waals surface area contributed by atoms with Crippen molar-refractivity contribution < 1.29 is 5.11 Å². The average molecular weight is 295 g/mol. The predicted molar refractivity (Wildman–Crippen MR) is 91.2 cm³/mol. The van der Waals surface area contributed by atoms with E-state index < -0.39 is 0 Å².